The molecule has 0 radical (unpaired) electrons. The number of fused-ring (bicyclic) bond motifs is 1. The van der Waals surface area contributed by atoms with Gasteiger partial charge in [0.25, 0.3) is 0 Å². The van der Waals surface area contributed by atoms with E-state index in [4.69, 9.17) is 18.9 Å². The maximum atomic E-state index is 12.5. The second-order valence-electron chi connectivity index (χ2n) is 8.46. The van der Waals surface area contributed by atoms with Gasteiger partial charge in [-0.25, -0.2) is 14.3 Å². The van der Waals surface area contributed by atoms with E-state index in [1.807, 2.05) is 0 Å². The Morgan fingerprint density at radius 3 is 2.85 bits per heavy atom. The van der Waals surface area contributed by atoms with Crippen molar-refractivity contribution >= 4 is 29.5 Å². The van der Waals surface area contributed by atoms with Gasteiger partial charge in [-0.3, -0.25) is 5.32 Å². The number of rotatable bonds is 7. The van der Waals surface area contributed by atoms with Crippen LogP contribution in [-0.2, 0) is 18.9 Å². The molecule has 12 heteroatoms. The van der Waals surface area contributed by atoms with Gasteiger partial charge in [-0.1, -0.05) is 30.7 Å². The van der Waals surface area contributed by atoms with E-state index < -0.39 is 24.3 Å². The standard InChI is InChI=1S/C22H27N5O6S/c1-2-30-20(28)13-6-5-7-14(10-13)23-22(29)33-17-12-32-18-16(11-31-19(17)18)27-21(24-25-26-27)34-15-8-3-4-9-15/h5-7,10,15-19H,2-4,8-9,11-12H2,1H3,(H,23,29)/t16-,17+,18+,19+/m0/s1. The summed E-state index contributed by atoms with van der Waals surface area (Å²) in [7, 11) is 0. The topological polar surface area (TPSA) is 127 Å². The molecule has 3 heterocycles. The van der Waals surface area contributed by atoms with Crippen LogP contribution in [-0.4, -0.2) is 75.7 Å². The second kappa shape index (κ2) is 10.3. The van der Waals surface area contributed by atoms with E-state index in [-0.39, 0.29) is 25.4 Å². The van der Waals surface area contributed by atoms with E-state index in [0.717, 1.165) is 5.16 Å². The highest BCUT2D eigenvalue weighted by molar-refractivity contribution is 7.99. The van der Waals surface area contributed by atoms with E-state index >= 15 is 0 Å². The molecule has 2 aliphatic heterocycles. The Morgan fingerprint density at radius 1 is 1.21 bits per heavy atom. The molecule has 2 saturated heterocycles. The highest BCUT2D eigenvalue weighted by Crippen LogP contribution is 2.39. The van der Waals surface area contributed by atoms with Crippen molar-refractivity contribution in [2.24, 2.45) is 0 Å². The van der Waals surface area contributed by atoms with Gasteiger partial charge in [-0.2, -0.15) is 0 Å². The van der Waals surface area contributed by atoms with Crippen molar-refractivity contribution in [3.8, 4) is 0 Å². The van der Waals surface area contributed by atoms with Crippen molar-refractivity contribution < 1.29 is 28.5 Å². The van der Waals surface area contributed by atoms with E-state index in [0.29, 0.717) is 23.1 Å². The van der Waals surface area contributed by atoms with Gasteiger partial charge in [-0.05, 0) is 48.4 Å². The Labute approximate surface area is 200 Å². The molecular formula is C22H27N5O6S. The molecule has 4 atom stereocenters. The minimum atomic E-state index is -0.651. The number of aromatic nitrogens is 4. The van der Waals surface area contributed by atoms with Gasteiger partial charge in [0.15, 0.2) is 6.10 Å². The molecule has 1 N–H and O–H groups in total. The number of hydrogen-bond acceptors (Lipinski definition) is 10. The quantitative estimate of drug-likeness (QED) is 0.580. The lowest BCUT2D eigenvalue weighted by molar-refractivity contribution is 0.00751. The van der Waals surface area contributed by atoms with Gasteiger partial charge in [0.05, 0.1) is 25.4 Å². The fourth-order valence-electron chi connectivity index (χ4n) is 4.60. The minimum absolute atomic E-state index is 0.179. The molecule has 1 aromatic heterocycles. The largest absolute Gasteiger partial charge is 0.462 e. The average Bonchev–Trinajstić information content (AvgIpc) is 3.61. The molecule has 3 aliphatic rings. The number of hydrogen-bond donors (Lipinski definition) is 1. The fraction of sp³-hybridized carbons (Fsp3) is 0.591. The van der Waals surface area contributed by atoms with Crippen molar-refractivity contribution in [2.75, 3.05) is 25.1 Å². The summed E-state index contributed by atoms with van der Waals surface area (Å²) in [6.07, 6.45) is 2.91. The summed E-state index contributed by atoms with van der Waals surface area (Å²) in [4.78, 5) is 24.4. The molecule has 1 amide bonds. The first-order chi connectivity index (χ1) is 16.6. The Balaban J connectivity index is 1.18. The smallest absolute Gasteiger partial charge is 0.412 e. The first kappa shape index (κ1) is 23.1. The summed E-state index contributed by atoms with van der Waals surface area (Å²) in [6, 6.07) is 6.31. The van der Waals surface area contributed by atoms with E-state index in [2.05, 4.69) is 20.8 Å². The summed E-state index contributed by atoms with van der Waals surface area (Å²) >= 11 is 1.71. The summed E-state index contributed by atoms with van der Waals surface area (Å²) in [5.74, 6) is -0.454. The Bertz CT molecular complexity index is 1030. The molecule has 1 saturated carbocycles. The predicted molar refractivity (Wildman–Crippen MR) is 121 cm³/mol. The maximum Gasteiger partial charge on any atom is 0.412 e. The molecule has 11 nitrogen and oxygen atoms in total. The van der Waals surface area contributed by atoms with Crippen LogP contribution in [0.1, 0.15) is 49.0 Å². The number of thioether (sulfide) groups is 1. The Hall–Kier alpha value is -2.70. The molecule has 1 aromatic carbocycles. The van der Waals surface area contributed by atoms with E-state index in [1.54, 1.807) is 41.6 Å². The van der Waals surface area contributed by atoms with Crippen LogP contribution in [0.25, 0.3) is 0 Å². The van der Waals surface area contributed by atoms with Crippen LogP contribution in [0.15, 0.2) is 29.4 Å². The number of nitrogens with zero attached hydrogens (tertiary/aromatic N) is 4. The van der Waals surface area contributed by atoms with Crippen LogP contribution in [0.4, 0.5) is 10.5 Å². The number of anilines is 1. The summed E-state index contributed by atoms with van der Waals surface area (Å²) in [5, 5.41) is 16.2. The molecule has 5 rings (SSSR count). The molecule has 0 bridgehead atoms. The van der Waals surface area contributed by atoms with Crippen LogP contribution < -0.4 is 5.32 Å². The van der Waals surface area contributed by atoms with Crippen molar-refractivity contribution in [3.63, 3.8) is 0 Å². The summed E-state index contributed by atoms with van der Waals surface area (Å²) < 4.78 is 24.3. The molecule has 0 spiro atoms. The summed E-state index contributed by atoms with van der Waals surface area (Å²) in [6.45, 7) is 2.60. The average molecular weight is 490 g/mol. The van der Waals surface area contributed by atoms with Gasteiger partial charge in [-0.15, -0.1) is 5.10 Å². The van der Waals surface area contributed by atoms with Crippen molar-refractivity contribution in [1.82, 2.24) is 20.2 Å². The SMILES string of the molecule is CCOC(=O)c1cccc(NC(=O)O[C@@H]2CO[C@H]3[C@@H]2OC[C@@H]3n2nnnc2SC2CCCC2)c1. The van der Waals surface area contributed by atoms with Crippen LogP contribution >= 0.6 is 11.8 Å². The highest BCUT2D eigenvalue weighted by atomic mass is 32.2. The zero-order valence-electron chi connectivity index (χ0n) is 18.8. The molecule has 1 aliphatic carbocycles. The van der Waals surface area contributed by atoms with Crippen LogP contribution in [0.5, 0.6) is 0 Å². The number of carbonyl (C=O) groups is 2. The normalized spacial score (nSPS) is 26.4. The number of ether oxygens (including phenoxy) is 4. The van der Waals surface area contributed by atoms with Crippen LogP contribution in [0.2, 0.25) is 0 Å². The molecule has 182 valence electrons. The number of nitrogens with one attached hydrogen (secondary N) is 1. The zero-order valence-corrected chi connectivity index (χ0v) is 19.6. The van der Waals surface area contributed by atoms with Crippen molar-refractivity contribution in [2.45, 2.75) is 67.4 Å². The fourth-order valence-corrected chi connectivity index (χ4v) is 5.84. The molecule has 3 fully saturated rings. The molecule has 2 aromatic rings. The number of esters is 1. The van der Waals surface area contributed by atoms with Gasteiger partial charge in [0, 0.05) is 10.9 Å². The van der Waals surface area contributed by atoms with Crippen LogP contribution in [0, 0.1) is 0 Å². The third-order valence-electron chi connectivity index (χ3n) is 6.21. The van der Waals surface area contributed by atoms with Gasteiger partial charge < -0.3 is 18.9 Å². The van der Waals surface area contributed by atoms with Crippen molar-refractivity contribution in [1.29, 1.82) is 0 Å². The Morgan fingerprint density at radius 2 is 2.03 bits per heavy atom. The lowest BCUT2D eigenvalue weighted by atomic mass is 10.1. The lowest BCUT2D eigenvalue weighted by Gasteiger charge is -2.18. The molecule has 34 heavy (non-hydrogen) atoms. The number of tetrazole rings is 1. The number of amides is 1. The maximum absolute atomic E-state index is 12.5. The summed E-state index contributed by atoms with van der Waals surface area (Å²) in [5.41, 5.74) is 0.775. The number of carbonyl (C=O) groups excluding carboxylic acids is 2. The minimum Gasteiger partial charge on any atom is -0.462 e. The highest BCUT2D eigenvalue weighted by Gasteiger charge is 2.51. The Kier molecular flexibility index (Phi) is 6.97. The third kappa shape index (κ3) is 4.89. The van der Waals surface area contributed by atoms with E-state index in [9.17, 15) is 9.59 Å². The van der Waals surface area contributed by atoms with Crippen molar-refractivity contribution in [3.05, 3.63) is 29.8 Å². The first-order valence-corrected chi connectivity index (χ1v) is 12.4. The second-order valence-corrected chi connectivity index (χ2v) is 9.73. The monoisotopic (exact) mass is 489 g/mol. The van der Waals surface area contributed by atoms with Gasteiger partial charge in [0.1, 0.15) is 18.2 Å². The molecule has 0 unspecified atom stereocenters. The lowest BCUT2D eigenvalue weighted by Crippen LogP contribution is -2.35. The number of benzene rings is 1. The zero-order chi connectivity index (χ0) is 23.5. The van der Waals surface area contributed by atoms with E-state index in [1.165, 1.54) is 31.7 Å². The van der Waals surface area contributed by atoms with Gasteiger partial charge >= 0.3 is 12.1 Å². The van der Waals surface area contributed by atoms with Crippen LogP contribution in [0.3, 0.4) is 0 Å². The molecular weight excluding hydrogens is 462 g/mol. The predicted octanol–water partition coefficient (Wildman–Crippen LogP) is 2.84. The third-order valence-corrected chi connectivity index (χ3v) is 7.50. The van der Waals surface area contributed by atoms with Gasteiger partial charge in [0.2, 0.25) is 5.16 Å². The first-order valence-electron chi connectivity index (χ1n) is 11.5.